The minimum Gasteiger partial charge on any atom is -0.326 e. The number of hydrogen-bond acceptors (Lipinski definition) is 2. The Bertz CT molecular complexity index is 1440. The SMILES string of the molecule is O=C(c1ccc(Br)cc1)N(CC(=O)N1c2ccccc2-n2cccc2C1c1ccc(Cl)cc1)C1CC1. The second-order valence-electron chi connectivity index (χ2n) is 9.18. The zero-order valence-electron chi connectivity index (χ0n) is 19.4. The second-order valence-corrected chi connectivity index (χ2v) is 10.5. The molecule has 0 spiro atoms. The highest BCUT2D eigenvalue weighted by molar-refractivity contribution is 9.10. The maximum atomic E-state index is 14.2. The number of aromatic nitrogens is 1. The Labute approximate surface area is 223 Å². The van der Waals surface area contributed by atoms with Crippen LogP contribution >= 0.6 is 27.5 Å². The molecule has 2 aliphatic rings. The van der Waals surface area contributed by atoms with E-state index in [1.165, 1.54) is 0 Å². The van der Waals surface area contributed by atoms with Crippen molar-refractivity contribution in [3.63, 3.8) is 0 Å². The first-order chi connectivity index (χ1) is 17.5. The molecule has 1 aliphatic carbocycles. The number of hydrogen-bond donors (Lipinski definition) is 0. The van der Waals surface area contributed by atoms with Gasteiger partial charge in [0.25, 0.3) is 5.91 Å². The van der Waals surface area contributed by atoms with Gasteiger partial charge in [0.05, 0.1) is 17.1 Å². The lowest BCUT2D eigenvalue weighted by Gasteiger charge is -2.39. The zero-order valence-corrected chi connectivity index (χ0v) is 21.7. The fourth-order valence-corrected chi connectivity index (χ4v) is 5.35. The molecule has 1 aromatic heterocycles. The molecule has 2 heterocycles. The standard InChI is InChI=1S/C29H23BrClN3O2/c30-21-11-7-20(8-12-21)29(36)33(23-15-16-23)18-27(35)34-25-5-2-1-4-24(25)32-17-3-6-26(32)28(34)19-9-13-22(31)14-10-19/h1-14,17,23,28H,15-16,18H2. The quantitative estimate of drug-likeness (QED) is 0.275. The van der Waals surface area contributed by atoms with Gasteiger partial charge in [-0.15, -0.1) is 0 Å². The summed E-state index contributed by atoms with van der Waals surface area (Å²) < 4.78 is 3.04. The van der Waals surface area contributed by atoms with E-state index in [1.807, 2.05) is 83.9 Å². The first kappa shape index (κ1) is 23.1. The Hall–Kier alpha value is -3.35. The summed E-state index contributed by atoms with van der Waals surface area (Å²) in [5.41, 5.74) is 4.28. The van der Waals surface area contributed by atoms with Gasteiger partial charge in [-0.2, -0.15) is 0 Å². The van der Waals surface area contributed by atoms with E-state index in [9.17, 15) is 9.59 Å². The summed E-state index contributed by atoms with van der Waals surface area (Å²) in [4.78, 5) is 31.2. The first-order valence-corrected chi connectivity index (χ1v) is 13.1. The van der Waals surface area contributed by atoms with Crippen LogP contribution in [0.4, 0.5) is 5.69 Å². The van der Waals surface area contributed by atoms with Crippen LogP contribution in [0.3, 0.4) is 0 Å². The average molecular weight is 561 g/mol. The van der Waals surface area contributed by atoms with Gasteiger partial charge >= 0.3 is 0 Å². The summed E-state index contributed by atoms with van der Waals surface area (Å²) in [5, 5.41) is 0.642. The molecule has 4 aromatic rings. The Morgan fingerprint density at radius 3 is 2.28 bits per heavy atom. The number of nitrogens with zero attached hydrogens (tertiary/aromatic N) is 3. The molecule has 180 valence electrons. The number of benzene rings is 3. The summed E-state index contributed by atoms with van der Waals surface area (Å²) in [6.07, 6.45) is 3.84. The molecule has 1 fully saturated rings. The topological polar surface area (TPSA) is 45.6 Å². The minimum absolute atomic E-state index is 0.0126. The van der Waals surface area contributed by atoms with Gasteiger partial charge in [0.2, 0.25) is 5.91 Å². The molecule has 0 radical (unpaired) electrons. The van der Waals surface area contributed by atoms with Crippen molar-refractivity contribution in [3.8, 4) is 5.69 Å². The van der Waals surface area contributed by atoms with Gasteiger partial charge < -0.3 is 9.47 Å². The molecule has 1 aliphatic heterocycles. The molecule has 0 N–H and O–H groups in total. The highest BCUT2D eigenvalue weighted by Crippen LogP contribution is 2.42. The smallest absolute Gasteiger partial charge is 0.254 e. The molecule has 0 saturated heterocycles. The largest absolute Gasteiger partial charge is 0.326 e. The van der Waals surface area contributed by atoms with Crippen LogP contribution in [0.5, 0.6) is 0 Å². The molecule has 7 heteroatoms. The van der Waals surface area contributed by atoms with Crippen molar-refractivity contribution in [2.24, 2.45) is 0 Å². The van der Waals surface area contributed by atoms with Crippen LogP contribution in [-0.4, -0.2) is 33.9 Å². The van der Waals surface area contributed by atoms with Crippen molar-refractivity contribution in [1.29, 1.82) is 0 Å². The maximum absolute atomic E-state index is 14.2. The van der Waals surface area contributed by atoms with E-state index >= 15 is 0 Å². The lowest BCUT2D eigenvalue weighted by atomic mass is 9.97. The third-order valence-corrected chi connectivity index (χ3v) is 7.60. The van der Waals surface area contributed by atoms with Crippen LogP contribution in [0.2, 0.25) is 5.02 Å². The number of rotatable bonds is 5. The van der Waals surface area contributed by atoms with E-state index in [0.29, 0.717) is 10.6 Å². The number of para-hydroxylation sites is 2. The van der Waals surface area contributed by atoms with Crippen LogP contribution in [0, 0.1) is 0 Å². The summed E-state index contributed by atoms with van der Waals surface area (Å²) in [6.45, 7) is 0.0126. The number of amides is 2. The van der Waals surface area contributed by atoms with E-state index in [-0.39, 0.29) is 30.4 Å². The Morgan fingerprint density at radius 1 is 0.889 bits per heavy atom. The van der Waals surface area contributed by atoms with Crippen molar-refractivity contribution in [3.05, 3.63) is 117 Å². The number of carbonyl (C=O) groups excluding carboxylic acids is 2. The lowest BCUT2D eigenvalue weighted by molar-refractivity contribution is -0.119. The highest BCUT2D eigenvalue weighted by atomic mass is 79.9. The summed E-state index contributed by atoms with van der Waals surface area (Å²) in [5.74, 6) is -0.234. The Kier molecular flexibility index (Phi) is 5.94. The van der Waals surface area contributed by atoms with Gasteiger partial charge in [-0.1, -0.05) is 51.8 Å². The van der Waals surface area contributed by atoms with E-state index < -0.39 is 0 Å². The number of anilines is 1. The van der Waals surface area contributed by atoms with Crippen molar-refractivity contribution in [2.75, 3.05) is 11.4 Å². The molecular formula is C29H23BrClN3O2. The molecule has 1 atom stereocenters. The predicted molar refractivity (Wildman–Crippen MR) is 145 cm³/mol. The minimum atomic E-state index is -0.344. The Balaban J connectivity index is 1.40. The van der Waals surface area contributed by atoms with Crippen LogP contribution in [-0.2, 0) is 4.79 Å². The predicted octanol–water partition coefficient (Wildman–Crippen LogP) is 6.63. The van der Waals surface area contributed by atoms with Gasteiger partial charge in [0, 0.05) is 27.3 Å². The van der Waals surface area contributed by atoms with E-state index in [0.717, 1.165) is 39.9 Å². The fraction of sp³-hybridized carbons (Fsp3) is 0.172. The van der Waals surface area contributed by atoms with Crippen LogP contribution in [0.25, 0.3) is 5.69 Å². The molecule has 3 aromatic carbocycles. The molecule has 2 amide bonds. The summed E-state index contributed by atoms with van der Waals surface area (Å²) >= 11 is 9.62. The van der Waals surface area contributed by atoms with E-state index in [4.69, 9.17) is 11.6 Å². The normalized spacial score (nSPS) is 16.3. The third-order valence-electron chi connectivity index (χ3n) is 6.82. The third kappa shape index (κ3) is 4.14. The van der Waals surface area contributed by atoms with Gasteiger partial charge in [-0.05, 0) is 79.1 Å². The van der Waals surface area contributed by atoms with Crippen molar-refractivity contribution >= 4 is 45.0 Å². The summed E-state index contributed by atoms with van der Waals surface area (Å²) in [6, 6.07) is 26.6. The molecular weight excluding hydrogens is 538 g/mol. The highest BCUT2D eigenvalue weighted by Gasteiger charge is 2.40. The van der Waals surface area contributed by atoms with Crippen LogP contribution in [0.1, 0.15) is 40.5 Å². The molecule has 5 nitrogen and oxygen atoms in total. The van der Waals surface area contributed by atoms with Gasteiger partial charge in [-0.3, -0.25) is 14.5 Å². The molecule has 1 unspecified atom stereocenters. The molecule has 0 bridgehead atoms. The van der Waals surface area contributed by atoms with Crippen molar-refractivity contribution in [2.45, 2.75) is 24.9 Å². The maximum Gasteiger partial charge on any atom is 0.254 e. The van der Waals surface area contributed by atoms with E-state index in [2.05, 4.69) is 20.5 Å². The van der Waals surface area contributed by atoms with E-state index in [1.54, 1.807) is 17.0 Å². The average Bonchev–Trinajstić information content (AvgIpc) is 3.62. The van der Waals surface area contributed by atoms with Crippen molar-refractivity contribution < 1.29 is 9.59 Å². The molecule has 36 heavy (non-hydrogen) atoms. The van der Waals surface area contributed by atoms with Crippen LogP contribution in [0.15, 0.2) is 95.6 Å². The first-order valence-electron chi connectivity index (χ1n) is 11.9. The zero-order chi connectivity index (χ0) is 24.8. The monoisotopic (exact) mass is 559 g/mol. The molecule has 6 rings (SSSR count). The van der Waals surface area contributed by atoms with Gasteiger partial charge in [-0.25, -0.2) is 0 Å². The molecule has 1 saturated carbocycles. The number of halogens is 2. The second kappa shape index (κ2) is 9.26. The fourth-order valence-electron chi connectivity index (χ4n) is 4.96. The Morgan fingerprint density at radius 2 is 1.58 bits per heavy atom. The van der Waals surface area contributed by atoms with Gasteiger partial charge in [0.15, 0.2) is 0 Å². The van der Waals surface area contributed by atoms with Crippen molar-refractivity contribution in [1.82, 2.24) is 9.47 Å². The van der Waals surface area contributed by atoms with Crippen LogP contribution < -0.4 is 4.90 Å². The van der Waals surface area contributed by atoms with Gasteiger partial charge in [0.1, 0.15) is 12.6 Å². The number of fused-ring (bicyclic) bond motifs is 3. The number of carbonyl (C=O) groups is 2. The summed E-state index contributed by atoms with van der Waals surface area (Å²) in [7, 11) is 0. The lowest BCUT2D eigenvalue weighted by Crippen LogP contribution is -2.47.